The second kappa shape index (κ2) is 7.54. The molecule has 1 unspecified atom stereocenters. The molecule has 3 N–H and O–H groups in total. The molecule has 1 aromatic carbocycles. The molecule has 0 aliphatic rings. The monoisotopic (exact) mass is 259 g/mol. The molecule has 17 heavy (non-hydrogen) atoms. The van der Waals surface area contributed by atoms with E-state index in [1.807, 2.05) is 38.1 Å². The van der Waals surface area contributed by atoms with Gasteiger partial charge in [-0.25, -0.2) is 0 Å². The van der Waals surface area contributed by atoms with E-state index in [-0.39, 0.29) is 24.4 Å². The van der Waals surface area contributed by atoms with Gasteiger partial charge in [0.2, 0.25) is 0 Å². The molecule has 1 atom stereocenters. The Labute approximate surface area is 109 Å². The number of ether oxygens (including phenoxy) is 1. The van der Waals surface area contributed by atoms with Crippen LogP contribution in [0.3, 0.4) is 0 Å². The fourth-order valence-corrected chi connectivity index (χ4v) is 1.30. The molecule has 3 nitrogen and oxygen atoms in total. The van der Waals surface area contributed by atoms with E-state index >= 15 is 0 Å². The van der Waals surface area contributed by atoms with Crippen molar-refractivity contribution in [1.82, 2.24) is 0 Å². The zero-order chi connectivity index (χ0) is 12.0. The zero-order valence-corrected chi connectivity index (χ0v) is 11.3. The molecular weight excluding hydrogens is 238 g/mol. The van der Waals surface area contributed by atoms with E-state index in [0.29, 0.717) is 13.2 Å². The molecule has 0 fully saturated rings. The van der Waals surface area contributed by atoms with Gasteiger partial charge in [0.05, 0.1) is 6.61 Å². The van der Waals surface area contributed by atoms with Crippen LogP contribution in [-0.2, 0) is 0 Å². The van der Waals surface area contributed by atoms with Crippen LogP contribution in [-0.4, -0.2) is 24.9 Å². The van der Waals surface area contributed by atoms with E-state index in [0.717, 1.165) is 12.2 Å². The third kappa shape index (κ3) is 5.39. The van der Waals surface area contributed by atoms with Gasteiger partial charge in [-0.3, -0.25) is 0 Å². The van der Waals surface area contributed by atoms with Crippen molar-refractivity contribution >= 4 is 12.4 Å². The lowest BCUT2D eigenvalue weighted by Crippen LogP contribution is -2.32. The maximum atomic E-state index is 9.18. The molecule has 0 heterocycles. The summed E-state index contributed by atoms with van der Waals surface area (Å²) in [5.74, 6) is 0.864. The number of aliphatic hydroxyl groups excluding tert-OH is 1. The highest BCUT2D eigenvalue weighted by Gasteiger charge is 2.21. The quantitative estimate of drug-likeness (QED) is 0.823. The molecule has 1 aromatic rings. The lowest BCUT2D eigenvalue weighted by Gasteiger charge is -2.25. The minimum atomic E-state index is -0.231. The Balaban J connectivity index is 0.00000256. The molecule has 0 aromatic heterocycles. The van der Waals surface area contributed by atoms with Crippen LogP contribution in [0.15, 0.2) is 24.3 Å². The first-order chi connectivity index (χ1) is 7.59. The van der Waals surface area contributed by atoms with Crippen molar-refractivity contribution in [3.8, 4) is 5.75 Å². The summed E-state index contributed by atoms with van der Waals surface area (Å²) in [5, 5.41) is 9.18. The van der Waals surface area contributed by atoms with Crippen molar-refractivity contribution in [3.63, 3.8) is 0 Å². The number of halogens is 1. The number of aliphatic hydroxyl groups is 1. The maximum Gasteiger partial charge on any atom is 0.119 e. The number of rotatable bonds is 6. The topological polar surface area (TPSA) is 55.5 Å². The first-order valence-electron chi connectivity index (χ1n) is 5.60. The van der Waals surface area contributed by atoms with Crippen molar-refractivity contribution in [2.24, 2.45) is 11.1 Å². The van der Waals surface area contributed by atoms with Gasteiger partial charge in [-0.05, 0) is 25.5 Å². The summed E-state index contributed by atoms with van der Waals surface area (Å²) in [6.45, 7) is 5.16. The van der Waals surface area contributed by atoms with Crippen molar-refractivity contribution < 1.29 is 9.84 Å². The van der Waals surface area contributed by atoms with E-state index < -0.39 is 0 Å². The van der Waals surface area contributed by atoms with Crippen LogP contribution in [0.1, 0.15) is 18.9 Å². The van der Waals surface area contributed by atoms with Gasteiger partial charge in [-0.15, -0.1) is 12.4 Å². The first kappa shape index (κ1) is 16.2. The van der Waals surface area contributed by atoms with Crippen molar-refractivity contribution in [2.75, 3.05) is 19.8 Å². The van der Waals surface area contributed by atoms with Crippen LogP contribution in [0.25, 0.3) is 0 Å². The molecule has 0 aliphatic carbocycles. The fourth-order valence-electron chi connectivity index (χ4n) is 1.30. The summed E-state index contributed by atoms with van der Waals surface area (Å²) in [6, 6.07) is 7.94. The Hall–Kier alpha value is -0.770. The highest BCUT2D eigenvalue weighted by molar-refractivity contribution is 5.85. The normalized spacial score (nSPS) is 13.6. The molecule has 98 valence electrons. The Morgan fingerprint density at radius 1 is 1.29 bits per heavy atom. The average molecular weight is 260 g/mol. The van der Waals surface area contributed by atoms with E-state index in [9.17, 15) is 5.11 Å². The van der Waals surface area contributed by atoms with Gasteiger partial charge in [0.1, 0.15) is 5.75 Å². The first-order valence-corrected chi connectivity index (χ1v) is 5.60. The van der Waals surface area contributed by atoms with E-state index in [4.69, 9.17) is 10.5 Å². The van der Waals surface area contributed by atoms with Gasteiger partial charge in [-0.1, -0.05) is 24.6 Å². The fraction of sp³-hybridized carbons (Fsp3) is 0.538. The Morgan fingerprint density at radius 3 is 2.35 bits per heavy atom. The molecule has 0 amide bonds. The van der Waals surface area contributed by atoms with Crippen molar-refractivity contribution in [3.05, 3.63) is 29.8 Å². The molecule has 0 saturated carbocycles. The smallest absolute Gasteiger partial charge is 0.119 e. The molecule has 0 bridgehead atoms. The second-order valence-electron chi connectivity index (χ2n) is 4.58. The second-order valence-corrected chi connectivity index (χ2v) is 4.58. The van der Waals surface area contributed by atoms with E-state index in [1.165, 1.54) is 5.56 Å². The van der Waals surface area contributed by atoms with Gasteiger partial charge < -0.3 is 15.6 Å². The zero-order valence-electron chi connectivity index (χ0n) is 10.5. The Morgan fingerprint density at radius 2 is 1.88 bits per heavy atom. The van der Waals surface area contributed by atoms with Crippen LogP contribution in [0.4, 0.5) is 0 Å². The van der Waals surface area contributed by atoms with E-state index in [1.54, 1.807) is 0 Å². The van der Waals surface area contributed by atoms with E-state index in [2.05, 4.69) is 0 Å². The van der Waals surface area contributed by atoms with Gasteiger partial charge in [0, 0.05) is 18.6 Å². The highest BCUT2D eigenvalue weighted by Crippen LogP contribution is 2.19. The molecular formula is C13H22ClNO2. The summed E-state index contributed by atoms with van der Waals surface area (Å²) < 4.78 is 5.59. The number of nitrogens with two attached hydrogens (primary N) is 1. The van der Waals surface area contributed by atoms with Gasteiger partial charge in [0.15, 0.2) is 0 Å². The lowest BCUT2D eigenvalue weighted by atomic mass is 9.88. The summed E-state index contributed by atoms with van der Waals surface area (Å²) in [4.78, 5) is 0. The third-order valence-electron chi connectivity index (χ3n) is 2.87. The predicted octanol–water partition coefficient (Wildman–Crippen LogP) is 2.14. The third-order valence-corrected chi connectivity index (χ3v) is 2.87. The lowest BCUT2D eigenvalue weighted by molar-refractivity contribution is 0.119. The molecule has 1 rings (SSSR count). The molecule has 4 heteroatoms. The molecule has 0 radical (unpaired) electrons. The van der Waals surface area contributed by atoms with Crippen molar-refractivity contribution in [2.45, 2.75) is 20.3 Å². The molecule has 0 spiro atoms. The highest BCUT2D eigenvalue weighted by atomic mass is 35.5. The Bertz CT molecular complexity index is 310. The van der Waals surface area contributed by atoms with Gasteiger partial charge in [-0.2, -0.15) is 0 Å². The summed E-state index contributed by atoms with van der Waals surface area (Å²) >= 11 is 0. The number of benzene rings is 1. The summed E-state index contributed by atoms with van der Waals surface area (Å²) in [7, 11) is 0. The Kier molecular flexibility index (Phi) is 7.19. The maximum absolute atomic E-state index is 9.18. The van der Waals surface area contributed by atoms with Crippen LogP contribution in [0, 0.1) is 12.3 Å². The predicted molar refractivity (Wildman–Crippen MR) is 72.8 cm³/mol. The van der Waals surface area contributed by atoms with Crippen molar-refractivity contribution in [1.29, 1.82) is 0 Å². The minimum Gasteiger partial charge on any atom is -0.494 e. The summed E-state index contributed by atoms with van der Waals surface area (Å²) in [6.07, 6.45) is 0.758. The molecule has 0 aliphatic heterocycles. The number of hydrogen-bond acceptors (Lipinski definition) is 3. The number of aryl methyl sites for hydroxylation is 1. The average Bonchev–Trinajstić information content (AvgIpc) is 2.31. The van der Waals surface area contributed by atoms with Gasteiger partial charge in [0.25, 0.3) is 0 Å². The van der Waals surface area contributed by atoms with Crippen LogP contribution in [0.5, 0.6) is 5.75 Å². The largest absolute Gasteiger partial charge is 0.494 e. The number of hydrogen-bond donors (Lipinski definition) is 2. The standard InChI is InChI=1S/C13H21NO2.ClH/c1-11-3-5-12(6-4-11)16-8-7-13(2,9-14)10-15;/h3-6,15H,7-10,14H2,1-2H3;1H. The molecule has 0 saturated heterocycles. The van der Waals surface area contributed by atoms with Crippen LogP contribution < -0.4 is 10.5 Å². The van der Waals surface area contributed by atoms with Crippen LogP contribution in [0.2, 0.25) is 0 Å². The van der Waals surface area contributed by atoms with Gasteiger partial charge >= 0.3 is 0 Å². The SMILES string of the molecule is Cc1ccc(OCCC(C)(CN)CO)cc1.Cl. The van der Waals surface area contributed by atoms with Crippen LogP contribution >= 0.6 is 12.4 Å². The minimum absolute atomic E-state index is 0. The summed E-state index contributed by atoms with van der Waals surface area (Å²) in [5.41, 5.74) is 6.59.